The summed E-state index contributed by atoms with van der Waals surface area (Å²) in [5, 5.41) is 2.18. The molecule has 0 saturated heterocycles. The molecular weight excluding hydrogens is 304 g/mol. The number of benzene rings is 2. The van der Waals surface area contributed by atoms with E-state index in [2.05, 4.69) is 79.9 Å². The third-order valence-corrected chi connectivity index (χ3v) is 7.31. The summed E-state index contributed by atoms with van der Waals surface area (Å²) in [5.74, 6) is 0. The van der Waals surface area contributed by atoms with Crippen molar-refractivity contribution in [2.45, 2.75) is 40.7 Å². The van der Waals surface area contributed by atoms with E-state index in [1.165, 1.54) is 25.1 Å². The first-order chi connectivity index (χ1) is 10.8. The first-order valence-electron chi connectivity index (χ1n) is 7.77. The van der Waals surface area contributed by atoms with E-state index in [1.807, 2.05) is 11.3 Å². The second-order valence-corrected chi connectivity index (χ2v) is 8.43. The molecule has 0 spiro atoms. The zero-order valence-corrected chi connectivity index (χ0v) is 14.7. The molecular formula is C20H21S2+. The van der Waals surface area contributed by atoms with Crippen molar-refractivity contribution in [2.24, 2.45) is 0 Å². The summed E-state index contributed by atoms with van der Waals surface area (Å²) in [6.07, 6.45) is 2.19. The minimum atomic E-state index is 0.0145. The molecule has 0 aliphatic heterocycles. The average Bonchev–Trinajstić information content (AvgIpc) is 3.10. The minimum Gasteiger partial charge on any atom is -0.0936 e. The van der Waals surface area contributed by atoms with Crippen molar-refractivity contribution in [2.75, 3.05) is 0 Å². The van der Waals surface area contributed by atoms with E-state index in [0.717, 1.165) is 12.8 Å². The van der Waals surface area contributed by atoms with Crippen LogP contribution in [0.15, 0.2) is 80.0 Å². The fourth-order valence-corrected chi connectivity index (χ4v) is 5.82. The van der Waals surface area contributed by atoms with Gasteiger partial charge in [0.25, 0.3) is 0 Å². The molecule has 0 bridgehead atoms. The van der Waals surface area contributed by atoms with Crippen LogP contribution in [0.3, 0.4) is 0 Å². The quantitative estimate of drug-likeness (QED) is 0.507. The zero-order chi connectivity index (χ0) is 15.4. The van der Waals surface area contributed by atoms with Crippen LogP contribution in [0.4, 0.5) is 0 Å². The lowest BCUT2D eigenvalue weighted by Gasteiger charge is -2.07. The predicted octanol–water partition coefficient (Wildman–Crippen LogP) is 5.97. The van der Waals surface area contributed by atoms with Crippen molar-refractivity contribution in [3.63, 3.8) is 0 Å². The fourth-order valence-electron chi connectivity index (χ4n) is 2.47. The first-order valence-corrected chi connectivity index (χ1v) is 9.88. The van der Waals surface area contributed by atoms with Gasteiger partial charge in [-0.1, -0.05) is 49.4 Å². The van der Waals surface area contributed by atoms with E-state index >= 15 is 0 Å². The second kappa shape index (κ2) is 7.17. The Morgan fingerprint density at radius 3 is 1.59 bits per heavy atom. The Hall–Kier alpha value is -1.51. The smallest absolute Gasteiger partial charge is 0.0936 e. The van der Waals surface area contributed by atoms with Gasteiger partial charge in [-0.3, -0.25) is 0 Å². The predicted molar refractivity (Wildman–Crippen MR) is 98.1 cm³/mol. The van der Waals surface area contributed by atoms with Gasteiger partial charge in [0.15, 0.2) is 9.79 Å². The maximum atomic E-state index is 2.30. The molecule has 112 valence electrons. The Bertz CT molecular complexity index is 647. The van der Waals surface area contributed by atoms with Crippen LogP contribution in [-0.2, 0) is 23.7 Å². The van der Waals surface area contributed by atoms with Crippen molar-refractivity contribution < 1.29 is 0 Å². The molecule has 3 aromatic rings. The highest BCUT2D eigenvalue weighted by molar-refractivity contribution is 7.98. The SMILES string of the molecule is CCc1ccc([S+](c2ccc(CC)cc2)c2cccs2)cc1. The van der Waals surface area contributed by atoms with Gasteiger partial charge in [0.2, 0.25) is 4.21 Å². The molecule has 3 rings (SSSR count). The van der Waals surface area contributed by atoms with Gasteiger partial charge in [0.1, 0.15) is 10.9 Å². The van der Waals surface area contributed by atoms with Gasteiger partial charge in [-0.25, -0.2) is 0 Å². The highest BCUT2D eigenvalue weighted by atomic mass is 32.2. The molecule has 0 saturated carbocycles. The zero-order valence-electron chi connectivity index (χ0n) is 13.1. The van der Waals surface area contributed by atoms with E-state index in [0.29, 0.717) is 0 Å². The Morgan fingerprint density at radius 2 is 1.23 bits per heavy atom. The molecule has 22 heavy (non-hydrogen) atoms. The van der Waals surface area contributed by atoms with Crippen molar-refractivity contribution in [1.29, 1.82) is 0 Å². The summed E-state index contributed by atoms with van der Waals surface area (Å²) in [6.45, 7) is 4.41. The average molecular weight is 326 g/mol. The maximum absolute atomic E-state index is 2.30. The molecule has 0 aliphatic rings. The largest absolute Gasteiger partial charge is 0.220 e. The summed E-state index contributed by atoms with van der Waals surface area (Å²) in [4.78, 5) is 2.81. The standard InChI is InChI=1S/C20H21S2/c1-3-16-7-11-18(12-8-16)22(20-6-5-15-21-20)19-13-9-17(4-2)10-14-19/h5-15H,3-4H2,1-2H3/q+1. The molecule has 0 aliphatic carbocycles. The normalized spacial score (nSPS) is 11.0. The molecule has 1 aromatic heterocycles. The van der Waals surface area contributed by atoms with Gasteiger partial charge in [-0.2, -0.15) is 0 Å². The molecule has 0 atom stereocenters. The van der Waals surface area contributed by atoms with Gasteiger partial charge < -0.3 is 0 Å². The number of thiophene rings is 1. The van der Waals surface area contributed by atoms with Gasteiger partial charge in [-0.05, 0) is 59.7 Å². The summed E-state index contributed by atoms with van der Waals surface area (Å²) in [6, 6.07) is 22.7. The lowest BCUT2D eigenvalue weighted by Crippen LogP contribution is -2.03. The Balaban J connectivity index is 2.02. The van der Waals surface area contributed by atoms with Crippen LogP contribution in [0.1, 0.15) is 25.0 Å². The monoisotopic (exact) mass is 325 g/mol. The summed E-state index contributed by atoms with van der Waals surface area (Å²) < 4.78 is 1.44. The second-order valence-electron chi connectivity index (χ2n) is 5.23. The number of hydrogen-bond acceptors (Lipinski definition) is 1. The molecule has 0 nitrogen and oxygen atoms in total. The van der Waals surface area contributed by atoms with Crippen LogP contribution in [0.2, 0.25) is 0 Å². The highest BCUT2D eigenvalue weighted by Crippen LogP contribution is 2.34. The molecule has 0 radical (unpaired) electrons. The lowest BCUT2D eigenvalue weighted by molar-refractivity contribution is 1.12. The third kappa shape index (κ3) is 3.29. The van der Waals surface area contributed by atoms with Gasteiger partial charge in [0.05, 0.1) is 0 Å². The van der Waals surface area contributed by atoms with Crippen LogP contribution in [0.5, 0.6) is 0 Å². The van der Waals surface area contributed by atoms with E-state index in [-0.39, 0.29) is 10.9 Å². The summed E-state index contributed by atoms with van der Waals surface area (Å²) >= 11 is 1.85. The van der Waals surface area contributed by atoms with E-state index < -0.39 is 0 Å². The van der Waals surface area contributed by atoms with Crippen molar-refractivity contribution in [3.8, 4) is 0 Å². The topological polar surface area (TPSA) is 0 Å². The molecule has 2 aromatic carbocycles. The molecule has 1 heterocycles. The van der Waals surface area contributed by atoms with Gasteiger partial charge >= 0.3 is 0 Å². The van der Waals surface area contributed by atoms with Crippen LogP contribution in [-0.4, -0.2) is 0 Å². The summed E-state index contributed by atoms with van der Waals surface area (Å²) in [7, 11) is 0.0145. The van der Waals surface area contributed by atoms with E-state index in [9.17, 15) is 0 Å². The number of hydrogen-bond donors (Lipinski definition) is 0. The maximum Gasteiger partial charge on any atom is 0.220 e. The van der Waals surface area contributed by atoms with Crippen LogP contribution in [0, 0.1) is 0 Å². The van der Waals surface area contributed by atoms with Crippen molar-refractivity contribution in [1.82, 2.24) is 0 Å². The third-order valence-electron chi connectivity index (χ3n) is 3.83. The van der Waals surface area contributed by atoms with Crippen molar-refractivity contribution in [3.05, 3.63) is 77.2 Å². The minimum absolute atomic E-state index is 0.0145. The lowest BCUT2D eigenvalue weighted by atomic mass is 10.2. The molecule has 0 N–H and O–H groups in total. The van der Waals surface area contributed by atoms with E-state index in [1.54, 1.807) is 0 Å². The molecule has 2 heteroatoms. The summed E-state index contributed by atoms with van der Waals surface area (Å²) in [5.41, 5.74) is 2.81. The Kier molecular flexibility index (Phi) is 5.01. The van der Waals surface area contributed by atoms with E-state index in [4.69, 9.17) is 0 Å². The van der Waals surface area contributed by atoms with Crippen LogP contribution < -0.4 is 0 Å². The Morgan fingerprint density at radius 1 is 0.727 bits per heavy atom. The molecule has 0 amide bonds. The molecule has 0 fully saturated rings. The highest BCUT2D eigenvalue weighted by Gasteiger charge is 2.29. The molecule has 0 unspecified atom stereocenters. The van der Waals surface area contributed by atoms with Gasteiger partial charge in [0, 0.05) is 6.07 Å². The van der Waals surface area contributed by atoms with Crippen LogP contribution in [0.25, 0.3) is 0 Å². The number of aryl methyl sites for hydroxylation is 2. The Labute approximate surface area is 140 Å². The fraction of sp³-hybridized carbons (Fsp3) is 0.200. The van der Waals surface area contributed by atoms with Crippen LogP contribution >= 0.6 is 11.3 Å². The van der Waals surface area contributed by atoms with Crippen molar-refractivity contribution >= 4 is 22.2 Å². The van der Waals surface area contributed by atoms with Gasteiger partial charge in [-0.15, -0.1) is 0 Å². The first kappa shape index (κ1) is 15.4. The number of rotatable bonds is 5.